The molecule has 1 amide bonds. The van der Waals surface area contributed by atoms with Gasteiger partial charge in [0.15, 0.2) is 4.96 Å². The van der Waals surface area contributed by atoms with Gasteiger partial charge in [0.25, 0.3) is 0 Å². The molecule has 3 heterocycles. The van der Waals surface area contributed by atoms with Crippen LogP contribution in [0.15, 0.2) is 60.2 Å². The summed E-state index contributed by atoms with van der Waals surface area (Å²) in [7, 11) is 0. The summed E-state index contributed by atoms with van der Waals surface area (Å²) < 4.78 is 14.7. The number of hydrogen-bond donors (Lipinski definition) is 1. The largest absolute Gasteiger partial charge is 0.324 e. The minimum atomic E-state index is -0.579. The molecular formula is C18H13FN4OS. The molecular weight excluding hydrogens is 339 g/mol. The minimum Gasteiger partial charge on any atom is -0.324 e. The molecule has 0 saturated carbocycles. The van der Waals surface area contributed by atoms with Crippen LogP contribution >= 0.6 is 11.3 Å². The molecule has 0 spiro atoms. The summed E-state index contributed by atoms with van der Waals surface area (Å²) in [4.78, 5) is 21.2. The van der Waals surface area contributed by atoms with E-state index in [0.717, 1.165) is 21.9 Å². The van der Waals surface area contributed by atoms with Crippen molar-refractivity contribution in [2.24, 2.45) is 0 Å². The Morgan fingerprint density at radius 1 is 1.20 bits per heavy atom. The Balaban J connectivity index is 1.54. The maximum atomic E-state index is 12.8. The summed E-state index contributed by atoms with van der Waals surface area (Å²) >= 11 is 1.49. The molecule has 4 rings (SSSR count). The number of carbonyl (C=O) groups excluding carboxylic acids is 1. The van der Waals surface area contributed by atoms with Crippen molar-refractivity contribution in [1.82, 2.24) is 14.4 Å². The Morgan fingerprint density at radius 2 is 2.04 bits per heavy atom. The van der Waals surface area contributed by atoms with Crippen molar-refractivity contribution in [2.75, 3.05) is 5.32 Å². The molecule has 7 heteroatoms. The highest BCUT2D eigenvalue weighted by Crippen LogP contribution is 2.23. The number of nitrogens with zero attached hydrogens (tertiary/aromatic N) is 3. The van der Waals surface area contributed by atoms with Gasteiger partial charge < -0.3 is 5.32 Å². The summed E-state index contributed by atoms with van der Waals surface area (Å²) in [6, 6.07) is 12.6. The smallest absolute Gasteiger partial charge is 0.230 e. The molecule has 124 valence electrons. The Bertz CT molecular complexity index is 1020. The first-order chi connectivity index (χ1) is 12.2. The van der Waals surface area contributed by atoms with Gasteiger partial charge in [0.1, 0.15) is 0 Å². The maximum Gasteiger partial charge on any atom is 0.230 e. The number of hydrogen-bond acceptors (Lipinski definition) is 4. The Labute approximate surface area is 146 Å². The number of anilines is 1. The van der Waals surface area contributed by atoms with Crippen LogP contribution in [0.5, 0.6) is 0 Å². The number of fused-ring (bicyclic) bond motifs is 1. The van der Waals surface area contributed by atoms with Gasteiger partial charge in [-0.1, -0.05) is 30.3 Å². The average Bonchev–Trinajstić information content (AvgIpc) is 3.20. The zero-order valence-electron chi connectivity index (χ0n) is 13.0. The van der Waals surface area contributed by atoms with E-state index in [2.05, 4.69) is 15.3 Å². The maximum absolute atomic E-state index is 12.8. The second kappa shape index (κ2) is 6.45. The van der Waals surface area contributed by atoms with Crippen LogP contribution in [0.25, 0.3) is 16.2 Å². The van der Waals surface area contributed by atoms with E-state index in [-0.39, 0.29) is 12.3 Å². The van der Waals surface area contributed by atoms with Gasteiger partial charge in [-0.25, -0.2) is 9.97 Å². The second-order valence-corrected chi connectivity index (χ2v) is 6.30. The van der Waals surface area contributed by atoms with Gasteiger partial charge in [-0.3, -0.25) is 9.20 Å². The van der Waals surface area contributed by atoms with Gasteiger partial charge in [0, 0.05) is 22.8 Å². The normalized spacial score (nSPS) is 10.9. The molecule has 0 aliphatic carbocycles. The first-order valence-electron chi connectivity index (χ1n) is 7.61. The van der Waals surface area contributed by atoms with E-state index in [9.17, 15) is 9.18 Å². The quantitative estimate of drug-likeness (QED) is 0.569. The van der Waals surface area contributed by atoms with E-state index < -0.39 is 5.95 Å². The SMILES string of the molecule is O=C(Cc1csc2nc(-c3ccccc3)cn12)Nc1ccc(F)nc1. The van der Waals surface area contributed by atoms with E-state index in [0.29, 0.717) is 5.69 Å². The summed E-state index contributed by atoms with van der Waals surface area (Å²) in [5.74, 6) is -0.771. The lowest BCUT2D eigenvalue weighted by Crippen LogP contribution is -2.15. The molecule has 5 nitrogen and oxygen atoms in total. The number of aromatic nitrogens is 3. The third-order valence-electron chi connectivity index (χ3n) is 3.71. The van der Waals surface area contributed by atoms with Gasteiger partial charge in [-0.05, 0) is 12.1 Å². The molecule has 0 bridgehead atoms. The minimum absolute atomic E-state index is 0.192. The lowest BCUT2D eigenvalue weighted by atomic mass is 10.2. The van der Waals surface area contributed by atoms with Crippen LogP contribution in [0, 0.1) is 5.95 Å². The van der Waals surface area contributed by atoms with Crippen LogP contribution in [0.1, 0.15) is 5.69 Å². The number of benzene rings is 1. The lowest BCUT2D eigenvalue weighted by molar-refractivity contribution is -0.115. The molecule has 3 aromatic heterocycles. The zero-order valence-corrected chi connectivity index (χ0v) is 13.8. The monoisotopic (exact) mass is 352 g/mol. The summed E-state index contributed by atoms with van der Waals surface area (Å²) in [6.45, 7) is 0. The van der Waals surface area contributed by atoms with Crippen molar-refractivity contribution in [2.45, 2.75) is 6.42 Å². The van der Waals surface area contributed by atoms with Crippen molar-refractivity contribution < 1.29 is 9.18 Å². The third-order valence-corrected chi connectivity index (χ3v) is 4.59. The summed E-state index contributed by atoms with van der Waals surface area (Å²) in [6.07, 6.45) is 3.42. The highest BCUT2D eigenvalue weighted by Gasteiger charge is 2.12. The van der Waals surface area contributed by atoms with Crippen molar-refractivity contribution in [3.63, 3.8) is 0 Å². The number of halogens is 1. The van der Waals surface area contributed by atoms with E-state index >= 15 is 0 Å². The number of rotatable bonds is 4. The fourth-order valence-electron chi connectivity index (χ4n) is 2.52. The van der Waals surface area contributed by atoms with Crippen molar-refractivity contribution in [1.29, 1.82) is 0 Å². The van der Waals surface area contributed by atoms with E-state index in [1.165, 1.54) is 29.7 Å². The highest BCUT2D eigenvalue weighted by atomic mass is 32.1. The molecule has 1 aromatic carbocycles. The first-order valence-corrected chi connectivity index (χ1v) is 8.49. The molecule has 0 unspecified atom stereocenters. The van der Waals surface area contributed by atoms with Gasteiger partial charge in [0.05, 0.1) is 24.0 Å². The summed E-state index contributed by atoms with van der Waals surface area (Å²) in [5.41, 5.74) is 3.22. The van der Waals surface area contributed by atoms with Crippen LogP contribution in [0.2, 0.25) is 0 Å². The van der Waals surface area contributed by atoms with E-state index in [1.807, 2.05) is 46.3 Å². The zero-order chi connectivity index (χ0) is 17.2. The molecule has 4 aromatic rings. The molecule has 0 saturated heterocycles. The molecule has 0 radical (unpaired) electrons. The number of amides is 1. The molecule has 1 N–H and O–H groups in total. The Kier molecular flexibility index (Phi) is 3.99. The van der Waals surface area contributed by atoms with Crippen LogP contribution < -0.4 is 5.32 Å². The van der Waals surface area contributed by atoms with Gasteiger partial charge in [-0.2, -0.15) is 4.39 Å². The van der Waals surface area contributed by atoms with Gasteiger partial charge in [0.2, 0.25) is 11.9 Å². The average molecular weight is 352 g/mol. The van der Waals surface area contributed by atoms with Crippen LogP contribution in [-0.4, -0.2) is 20.3 Å². The molecule has 0 fully saturated rings. The topological polar surface area (TPSA) is 59.3 Å². The van der Waals surface area contributed by atoms with Crippen LogP contribution in [0.3, 0.4) is 0 Å². The first kappa shape index (κ1) is 15.5. The van der Waals surface area contributed by atoms with E-state index in [1.54, 1.807) is 0 Å². The highest BCUT2D eigenvalue weighted by molar-refractivity contribution is 7.15. The molecule has 0 aliphatic rings. The summed E-state index contributed by atoms with van der Waals surface area (Å²) in [5, 5.41) is 4.63. The number of nitrogens with one attached hydrogen (secondary N) is 1. The Morgan fingerprint density at radius 3 is 2.80 bits per heavy atom. The lowest BCUT2D eigenvalue weighted by Gasteiger charge is -2.04. The fraction of sp³-hybridized carbons (Fsp3) is 0.0556. The van der Waals surface area contributed by atoms with Crippen LogP contribution in [0.4, 0.5) is 10.1 Å². The van der Waals surface area contributed by atoms with Crippen molar-refractivity contribution in [3.8, 4) is 11.3 Å². The predicted octanol–water partition coefficient (Wildman–Crippen LogP) is 3.78. The number of imidazole rings is 1. The molecule has 0 atom stereocenters. The standard InChI is InChI=1S/C18H13FN4OS/c19-16-7-6-13(9-20-16)21-17(24)8-14-11-25-18-22-15(10-23(14)18)12-4-2-1-3-5-12/h1-7,9-11H,8H2,(H,21,24). The second-order valence-electron chi connectivity index (χ2n) is 5.47. The molecule has 25 heavy (non-hydrogen) atoms. The van der Waals surface area contributed by atoms with Gasteiger partial charge in [-0.15, -0.1) is 11.3 Å². The number of carbonyl (C=O) groups is 1. The van der Waals surface area contributed by atoms with Crippen LogP contribution in [-0.2, 0) is 11.2 Å². The number of pyridine rings is 1. The van der Waals surface area contributed by atoms with Crippen molar-refractivity contribution >= 4 is 27.9 Å². The fourth-order valence-corrected chi connectivity index (χ4v) is 3.40. The predicted molar refractivity (Wildman–Crippen MR) is 95.0 cm³/mol. The van der Waals surface area contributed by atoms with Crippen molar-refractivity contribution in [3.05, 3.63) is 71.9 Å². The van der Waals surface area contributed by atoms with E-state index in [4.69, 9.17) is 0 Å². The third kappa shape index (κ3) is 3.27. The number of thiazole rings is 1. The Hall–Kier alpha value is -3.06. The molecule has 0 aliphatic heterocycles. The van der Waals surface area contributed by atoms with Gasteiger partial charge >= 0.3 is 0 Å².